The molecule has 2 saturated carbocycles. The molecule has 0 saturated heterocycles. The van der Waals surface area contributed by atoms with E-state index < -0.39 is 23.3 Å². The van der Waals surface area contributed by atoms with E-state index in [0.717, 1.165) is 13.3 Å². The van der Waals surface area contributed by atoms with Crippen molar-refractivity contribution < 1.29 is 23.4 Å². The van der Waals surface area contributed by atoms with Crippen LogP contribution in [-0.4, -0.2) is 27.6 Å². The Morgan fingerprint density at radius 1 is 1.16 bits per heavy atom. The first-order chi connectivity index (χ1) is 8.57. The van der Waals surface area contributed by atoms with Gasteiger partial charge in [-0.05, 0) is 50.4 Å². The molecule has 7 atom stereocenters. The molecule has 2 N–H and O–H groups in total. The van der Waals surface area contributed by atoms with Gasteiger partial charge < -0.3 is 10.2 Å². The van der Waals surface area contributed by atoms with Crippen LogP contribution in [0, 0.1) is 29.6 Å². The number of hydrogen-bond acceptors (Lipinski definition) is 2. The standard InChI is InChI=1S/C14H19F3O2/c1-12(18)10(13(2,19)14(15,16)17)6-9-7-3-4-8(5-7)11(9)12/h3-4,7-11,18-19H,5-6H2,1-2H3. The zero-order valence-corrected chi connectivity index (χ0v) is 11.0. The van der Waals surface area contributed by atoms with Gasteiger partial charge in [-0.15, -0.1) is 0 Å². The van der Waals surface area contributed by atoms with Crippen LogP contribution in [0.4, 0.5) is 13.2 Å². The Morgan fingerprint density at radius 2 is 1.74 bits per heavy atom. The monoisotopic (exact) mass is 276 g/mol. The second kappa shape index (κ2) is 3.55. The first-order valence-electron chi connectivity index (χ1n) is 6.76. The lowest BCUT2D eigenvalue weighted by Gasteiger charge is -2.41. The summed E-state index contributed by atoms with van der Waals surface area (Å²) in [5, 5.41) is 20.6. The van der Waals surface area contributed by atoms with Gasteiger partial charge in [0.25, 0.3) is 0 Å². The molecule has 3 aliphatic carbocycles. The van der Waals surface area contributed by atoms with E-state index in [1.165, 1.54) is 6.92 Å². The van der Waals surface area contributed by atoms with Crippen LogP contribution in [0.15, 0.2) is 12.2 Å². The maximum absolute atomic E-state index is 13.0. The van der Waals surface area contributed by atoms with Gasteiger partial charge in [-0.2, -0.15) is 13.2 Å². The molecule has 0 aromatic rings. The number of rotatable bonds is 1. The fourth-order valence-corrected chi connectivity index (χ4v) is 4.85. The second-order valence-electron chi connectivity index (χ2n) is 6.80. The van der Waals surface area contributed by atoms with Crippen LogP contribution in [0.2, 0.25) is 0 Å². The van der Waals surface area contributed by atoms with Crippen molar-refractivity contribution >= 4 is 0 Å². The summed E-state index contributed by atoms with van der Waals surface area (Å²) >= 11 is 0. The Balaban J connectivity index is 1.95. The lowest BCUT2D eigenvalue weighted by Crippen LogP contribution is -2.56. The second-order valence-corrected chi connectivity index (χ2v) is 6.80. The molecule has 3 aliphatic rings. The smallest absolute Gasteiger partial charge is 0.389 e. The third-order valence-corrected chi connectivity index (χ3v) is 5.76. The molecule has 2 nitrogen and oxygen atoms in total. The predicted octanol–water partition coefficient (Wildman–Crippen LogP) is 2.51. The fraction of sp³-hybridized carbons (Fsp3) is 0.857. The average molecular weight is 276 g/mol. The van der Waals surface area contributed by atoms with Gasteiger partial charge >= 0.3 is 6.18 Å². The molecular formula is C14H19F3O2. The quantitative estimate of drug-likeness (QED) is 0.722. The summed E-state index contributed by atoms with van der Waals surface area (Å²) in [4.78, 5) is 0. The summed E-state index contributed by atoms with van der Waals surface area (Å²) in [6.45, 7) is 2.26. The summed E-state index contributed by atoms with van der Waals surface area (Å²) in [5.74, 6) is -0.792. The zero-order valence-electron chi connectivity index (χ0n) is 11.0. The van der Waals surface area contributed by atoms with E-state index in [9.17, 15) is 23.4 Å². The predicted molar refractivity (Wildman–Crippen MR) is 63.1 cm³/mol. The summed E-state index contributed by atoms with van der Waals surface area (Å²) in [7, 11) is 0. The first kappa shape index (κ1) is 13.4. The Morgan fingerprint density at radius 3 is 2.26 bits per heavy atom. The molecular weight excluding hydrogens is 257 g/mol. The highest BCUT2D eigenvalue weighted by Gasteiger charge is 2.68. The molecule has 0 aromatic carbocycles. The number of allylic oxidation sites excluding steroid dienone is 2. The van der Waals surface area contributed by atoms with E-state index in [4.69, 9.17) is 0 Å². The number of aliphatic hydroxyl groups is 2. The normalized spacial score (nSPS) is 51.4. The van der Waals surface area contributed by atoms with Gasteiger partial charge in [0.2, 0.25) is 0 Å². The van der Waals surface area contributed by atoms with Gasteiger partial charge in [0, 0.05) is 5.92 Å². The zero-order chi connectivity index (χ0) is 14.2. The highest BCUT2D eigenvalue weighted by atomic mass is 19.4. The van der Waals surface area contributed by atoms with Crippen molar-refractivity contribution in [3.8, 4) is 0 Å². The average Bonchev–Trinajstić information content (AvgIpc) is 2.87. The Labute approximate surface area is 110 Å². The molecule has 0 amide bonds. The summed E-state index contributed by atoms with van der Waals surface area (Å²) < 4.78 is 39.1. The van der Waals surface area contributed by atoms with Gasteiger partial charge in [0.15, 0.2) is 5.60 Å². The molecule has 0 aromatic heterocycles. The van der Waals surface area contributed by atoms with Crippen LogP contribution in [-0.2, 0) is 0 Å². The highest BCUT2D eigenvalue weighted by Crippen LogP contribution is 2.64. The SMILES string of the molecule is CC1(O)C2C3C=CC(C3)C2CC1C(C)(O)C(F)(F)F. The van der Waals surface area contributed by atoms with E-state index >= 15 is 0 Å². The minimum atomic E-state index is -4.72. The molecule has 2 bridgehead atoms. The van der Waals surface area contributed by atoms with Crippen LogP contribution in [0.25, 0.3) is 0 Å². The van der Waals surface area contributed by atoms with Crippen LogP contribution in [0.3, 0.4) is 0 Å². The van der Waals surface area contributed by atoms with Crippen molar-refractivity contribution in [1.29, 1.82) is 0 Å². The molecule has 0 aliphatic heterocycles. The number of hydrogen-bond donors (Lipinski definition) is 2. The van der Waals surface area contributed by atoms with Gasteiger partial charge in [-0.1, -0.05) is 12.2 Å². The van der Waals surface area contributed by atoms with Crippen molar-refractivity contribution in [2.75, 3.05) is 0 Å². The van der Waals surface area contributed by atoms with Crippen LogP contribution in [0.5, 0.6) is 0 Å². The molecule has 7 unspecified atom stereocenters. The molecule has 5 heteroatoms. The molecule has 0 spiro atoms. The van der Waals surface area contributed by atoms with Crippen molar-refractivity contribution in [2.24, 2.45) is 29.6 Å². The number of alkyl halides is 3. The molecule has 2 fully saturated rings. The minimum Gasteiger partial charge on any atom is -0.389 e. The van der Waals surface area contributed by atoms with E-state index in [0.29, 0.717) is 0 Å². The van der Waals surface area contributed by atoms with Crippen molar-refractivity contribution in [2.45, 2.75) is 44.1 Å². The van der Waals surface area contributed by atoms with Gasteiger partial charge in [0.1, 0.15) is 0 Å². The first-order valence-corrected chi connectivity index (χ1v) is 6.76. The lowest BCUT2D eigenvalue weighted by molar-refractivity contribution is -0.289. The largest absolute Gasteiger partial charge is 0.417 e. The summed E-state index contributed by atoms with van der Waals surface area (Å²) in [5.41, 5.74) is -4.30. The topological polar surface area (TPSA) is 40.5 Å². The third-order valence-electron chi connectivity index (χ3n) is 5.76. The van der Waals surface area contributed by atoms with Crippen molar-refractivity contribution in [1.82, 2.24) is 0 Å². The van der Waals surface area contributed by atoms with Gasteiger partial charge in [-0.3, -0.25) is 0 Å². The summed E-state index contributed by atoms with van der Waals surface area (Å²) in [6, 6.07) is 0. The lowest BCUT2D eigenvalue weighted by atomic mass is 9.73. The summed E-state index contributed by atoms with van der Waals surface area (Å²) in [6.07, 6.45) is 0.548. The maximum Gasteiger partial charge on any atom is 0.417 e. The van der Waals surface area contributed by atoms with E-state index in [1.807, 2.05) is 6.08 Å². The molecule has 0 heterocycles. The Hall–Kier alpha value is -0.550. The van der Waals surface area contributed by atoms with Crippen LogP contribution in [0.1, 0.15) is 26.7 Å². The van der Waals surface area contributed by atoms with Crippen LogP contribution >= 0.6 is 0 Å². The number of halogens is 3. The minimum absolute atomic E-state index is 0.0730. The molecule has 3 rings (SSSR count). The van der Waals surface area contributed by atoms with Crippen LogP contribution < -0.4 is 0 Å². The van der Waals surface area contributed by atoms with E-state index in [2.05, 4.69) is 6.08 Å². The molecule has 108 valence electrons. The maximum atomic E-state index is 13.0. The van der Waals surface area contributed by atoms with Gasteiger partial charge in [-0.25, -0.2) is 0 Å². The Kier molecular flexibility index (Phi) is 2.51. The fourth-order valence-electron chi connectivity index (χ4n) is 4.85. The number of fused-ring (bicyclic) bond motifs is 5. The van der Waals surface area contributed by atoms with Crippen molar-refractivity contribution in [3.05, 3.63) is 12.2 Å². The highest BCUT2D eigenvalue weighted by molar-refractivity contribution is 5.22. The van der Waals surface area contributed by atoms with Crippen molar-refractivity contribution in [3.63, 3.8) is 0 Å². The van der Waals surface area contributed by atoms with Gasteiger partial charge in [0.05, 0.1) is 5.60 Å². The molecule has 19 heavy (non-hydrogen) atoms. The Bertz CT molecular complexity index is 425. The third kappa shape index (κ3) is 1.57. The van der Waals surface area contributed by atoms with E-state index in [1.54, 1.807) is 0 Å². The van der Waals surface area contributed by atoms with E-state index in [-0.39, 0.29) is 30.1 Å². The molecule has 0 radical (unpaired) electrons.